The van der Waals surface area contributed by atoms with E-state index in [-0.39, 0.29) is 12.1 Å². The molecule has 2 N–H and O–H groups in total. The van der Waals surface area contributed by atoms with Crippen molar-refractivity contribution in [1.82, 2.24) is 10.2 Å². The van der Waals surface area contributed by atoms with Crippen LogP contribution in [0.4, 0.5) is 5.13 Å². The number of nitrogens with zero attached hydrogens (tertiary/aromatic N) is 2. The molecule has 72 valence electrons. The highest BCUT2D eigenvalue weighted by atomic mass is 32.1. The summed E-state index contributed by atoms with van der Waals surface area (Å²) in [6.45, 7) is 0. The van der Waals surface area contributed by atoms with E-state index in [2.05, 4.69) is 15.5 Å². The molecule has 2 atom stereocenters. The lowest BCUT2D eigenvalue weighted by Gasteiger charge is -2.27. The Kier molecular flexibility index (Phi) is 2.75. The molecule has 1 saturated carbocycles. The molecule has 0 amide bonds. The Bertz CT molecular complexity index is 252. The summed E-state index contributed by atoms with van der Waals surface area (Å²) >= 11 is 1.47. The van der Waals surface area contributed by atoms with E-state index in [0.29, 0.717) is 0 Å². The van der Waals surface area contributed by atoms with Gasteiger partial charge in [-0.1, -0.05) is 24.2 Å². The molecule has 0 radical (unpaired) electrons. The highest BCUT2D eigenvalue weighted by molar-refractivity contribution is 7.13. The zero-order valence-electron chi connectivity index (χ0n) is 7.31. The lowest BCUT2D eigenvalue weighted by molar-refractivity contribution is 0.116. The van der Waals surface area contributed by atoms with Crippen LogP contribution >= 0.6 is 11.3 Å². The third-order valence-corrected chi connectivity index (χ3v) is 3.02. The number of nitrogens with one attached hydrogen (secondary N) is 1. The van der Waals surface area contributed by atoms with Crippen molar-refractivity contribution >= 4 is 16.5 Å². The Morgan fingerprint density at radius 1 is 1.46 bits per heavy atom. The van der Waals surface area contributed by atoms with Crippen molar-refractivity contribution in [2.75, 3.05) is 5.32 Å². The van der Waals surface area contributed by atoms with Gasteiger partial charge in [-0.05, 0) is 12.8 Å². The molecule has 1 heterocycles. The van der Waals surface area contributed by atoms with Gasteiger partial charge in [-0.3, -0.25) is 0 Å². The average molecular weight is 199 g/mol. The van der Waals surface area contributed by atoms with Crippen LogP contribution in [-0.4, -0.2) is 27.4 Å². The Labute approximate surface area is 81.0 Å². The van der Waals surface area contributed by atoms with Crippen molar-refractivity contribution in [3.05, 3.63) is 5.51 Å². The Morgan fingerprint density at radius 3 is 3.00 bits per heavy atom. The molecule has 1 aliphatic rings. The van der Waals surface area contributed by atoms with E-state index in [4.69, 9.17) is 0 Å². The van der Waals surface area contributed by atoms with Gasteiger partial charge in [-0.2, -0.15) is 0 Å². The highest BCUT2D eigenvalue weighted by Crippen LogP contribution is 2.22. The molecule has 5 heteroatoms. The number of rotatable bonds is 2. The maximum Gasteiger partial charge on any atom is 0.205 e. The van der Waals surface area contributed by atoms with Crippen molar-refractivity contribution in [2.45, 2.75) is 37.8 Å². The second-order valence-electron chi connectivity index (χ2n) is 3.35. The Morgan fingerprint density at radius 2 is 2.31 bits per heavy atom. The minimum atomic E-state index is -0.224. The molecule has 0 saturated heterocycles. The molecule has 1 aliphatic carbocycles. The Balaban J connectivity index is 1.93. The van der Waals surface area contributed by atoms with Gasteiger partial charge in [-0.15, -0.1) is 10.2 Å². The van der Waals surface area contributed by atoms with Crippen molar-refractivity contribution < 1.29 is 5.11 Å². The van der Waals surface area contributed by atoms with Gasteiger partial charge in [0.15, 0.2) is 0 Å². The number of hydrogen-bond donors (Lipinski definition) is 2. The quantitative estimate of drug-likeness (QED) is 0.752. The van der Waals surface area contributed by atoms with Crippen LogP contribution in [0, 0.1) is 0 Å². The van der Waals surface area contributed by atoms with Crippen LogP contribution in [0.25, 0.3) is 0 Å². The fourth-order valence-electron chi connectivity index (χ4n) is 1.67. The minimum Gasteiger partial charge on any atom is -0.391 e. The summed E-state index contributed by atoms with van der Waals surface area (Å²) in [4.78, 5) is 0. The molecule has 0 aliphatic heterocycles. The maximum atomic E-state index is 9.66. The third kappa shape index (κ3) is 2.16. The van der Waals surface area contributed by atoms with Crippen LogP contribution in [0.2, 0.25) is 0 Å². The lowest BCUT2D eigenvalue weighted by atomic mass is 9.93. The van der Waals surface area contributed by atoms with Crippen molar-refractivity contribution in [3.8, 4) is 0 Å². The fraction of sp³-hybridized carbons (Fsp3) is 0.750. The predicted octanol–water partition coefficient (Wildman–Crippen LogP) is 1.25. The first kappa shape index (κ1) is 8.90. The monoisotopic (exact) mass is 199 g/mol. The molecule has 13 heavy (non-hydrogen) atoms. The van der Waals surface area contributed by atoms with Crippen LogP contribution in [-0.2, 0) is 0 Å². The normalized spacial score (nSPS) is 28.7. The number of hydrogen-bond acceptors (Lipinski definition) is 5. The fourth-order valence-corrected chi connectivity index (χ4v) is 2.18. The molecule has 2 unspecified atom stereocenters. The number of anilines is 1. The van der Waals surface area contributed by atoms with Gasteiger partial charge in [-0.25, -0.2) is 0 Å². The number of aliphatic hydroxyl groups is 1. The van der Waals surface area contributed by atoms with E-state index in [9.17, 15) is 5.11 Å². The molecule has 1 fully saturated rings. The van der Waals surface area contributed by atoms with Gasteiger partial charge in [0.25, 0.3) is 0 Å². The summed E-state index contributed by atoms with van der Waals surface area (Å²) in [5.41, 5.74) is 1.69. The second-order valence-corrected chi connectivity index (χ2v) is 4.18. The third-order valence-electron chi connectivity index (χ3n) is 2.40. The van der Waals surface area contributed by atoms with E-state index in [1.165, 1.54) is 17.8 Å². The Hall–Kier alpha value is -0.680. The standard InChI is InChI=1S/C8H13N3OS/c12-7-4-2-1-3-6(7)10-8-11-9-5-13-8/h5-7,12H,1-4H2,(H,10,11). The van der Waals surface area contributed by atoms with E-state index in [1.54, 1.807) is 5.51 Å². The molecule has 2 rings (SSSR count). The van der Waals surface area contributed by atoms with E-state index in [0.717, 1.165) is 24.4 Å². The van der Waals surface area contributed by atoms with Crippen LogP contribution in [0.5, 0.6) is 0 Å². The number of aliphatic hydroxyl groups excluding tert-OH is 1. The summed E-state index contributed by atoms with van der Waals surface area (Å²) in [6, 6.07) is 0.168. The van der Waals surface area contributed by atoms with Crippen molar-refractivity contribution in [1.29, 1.82) is 0 Å². The van der Waals surface area contributed by atoms with Gasteiger partial charge in [0.1, 0.15) is 5.51 Å². The largest absolute Gasteiger partial charge is 0.391 e. The first-order chi connectivity index (χ1) is 6.36. The van der Waals surface area contributed by atoms with Crippen molar-refractivity contribution in [2.24, 2.45) is 0 Å². The molecule has 0 aromatic carbocycles. The van der Waals surface area contributed by atoms with Gasteiger partial charge >= 0.3 is 0 Å². The topological polar surface area (TPSA) is 58.0 Å². The lowest BCUT2D eigenvalue weighted by Crippen LogP contribution is -2.36. The maximum absolute atomic E-state index is 9.66. The summed E-state index contributed by atoms with van der Waals surface area (Å²) in [6.07, 6.45) is 4.03. The summed E-state index contributed by atoms with van der Waals surface area (Å²) in [5.74, 6) is 0. The molecule has 1 aromatic rings. The van der Waals surface area contributed by atoms with Crippen LogP contribution in [0.3, 0.4) is 0 Å². The molecule has 4 nitrogen and oxygen atoms in total. The summed E-state index contributed by atoms with van der Waals surface area (Å²) < 4.78 is 0. The van der Waals surface area contributed by atoms with Crippen LogP contribution < -0.4 is 5.32 Å². The van der Waals surface area contributed by atoms with Gasteiger partial charge in [0.05, 0.1) is 12.1 Å². The zero-order chi connectivity index (χ0) is 9.10. The molecule has 0 bridgehead atoms. The minimum absolute atomic E-state index is 0.168. The SMILES string of the molecule is OC1CCCCC1Nc1nncs1. The second kappa shape index (κ2) is 4.02. The predicted molar refractivity (Wildman–Crippen MR) is 51.8 cm³/mol. The number of aromatic nitrogens is 2. The zero-order valence-corrected chi connectivity index (χ0v) is 8.13. The van der Waals surface area contributed by atoms with E-state index >= 15 is 0 Å². The van der Waals surface area contributed by atoms with Gasteiger partial charge in [0, 0.05) is 0 Å². The highest BCUT2D eigenvalue weighted by Gasteiger charge is 2.23. The average Bonchev–Trinajstić information content (AvgIpc) is 2.61. The molecular formula is C8H13N3OS. The van der Waals surface area contributed by atoms with Gasteiger partial charge < -0.3 is 10.4 Å². The molecule has 0 spiro atoms. The van der Waals surface area contributed by atoms with E-state index in [1.807, 2.05) is 0 Å². The molecule has 1 aromatic heterocycles. The van der Waals surface area contributed by atoms with Crippen LogP contribution in [0.1, 0.15) is 25.7 Å². The smallest absolute Gasteiger partial charge is 0.205 e. The van der Waals surface area contributed by atoms with E-state index < -0.39 is 0 Å². The first-order valence-electron chi connectivity index (χ1n) is 4.57. The summed E-state index contributed by atoms with van der Waals surface area (Å²) in [7, 11) is 0. The summed E-state index contributed by atoms with van der Waals surface area (Å²) in [5, 5.41) is 21.3. The van der Waals surface area contributed by atoms with Gasteiger partial charge in [0.2, 0.25) is 5.13 Å². The molecular weight excluding hydrogens is 186 g/mol. The van der Waals surface area contributed by atoms with Crippen LogP contribution in [0.15, 0.2) is 5.51 Å². The first-order valence-corrected chi connectivity index (χ1v) is 5.45. The van der Waals surface area contributed by atoms with Crippen molar-refractivity contribution in [3.63, 3.8) is 0 Å².